The van der Waals surface area contributed by atoms with Gasteiger partial charge >= 0.3 is 5.97 Å². The zero-order valence-electron chi connectivity index (χ0n) is 12.1. The molecule has 0 unspecified atom stereocenters. The number of carbonyl (C=O) groups excluding carboxylic acids is 2. The molecule has 2 rings (SSSR count). The number of benzene rings is 2. The summed E-state index contributed by atoms with van der Waals surface area (Å²) >= 11 is 0. The Morgan fingerprint density at radius 2 is 1.68 bits per heavy atom. The highest BCUT2D eigenvalue weighted by Crippen LogP contribution is 2.16. The third-order valence-corrected chi connectivity index (χ3v) is 2.99. The van der Waals surface area contributed by atoms with Gasteiger partial charge in [0, 0.05) is 23.6 Å². The highest BCUT2D eigenvalue weighted by molar-refractivity contribution is 6.11. The van der Waals surface area contributed by atoms with Crippen molar-refractivity contribution < 1.29 is 18.7 Å². The first-order valence-corrected chi connectivity index (χ1v) is 6.76. The zero-order valence-corrected chi connectivity index (χ0v) is 12.1. The monoisotopic (exact) mass is 298 g/mol. The van der Waals surface area contributed by atoms with Crippen LogP contribution >= 0.6 is 0 Å². The molecule has 0 aliphatic rings. The van der Waals surface area contributed by atoms with Gasteiger partial charge in [-0.25, -0.2) is 4.39 Å². The number of Topliss-reactive ketones (excluding diaryl/α,β-unsaturated/α-hetero) is 1. The van der Waals surface area contributed by atoms with E-state index in [9.17, 15) is 14.0 Å². The van der Waals surface area contributed by atoms with Crippen LogP contribution in [-0.2, 0) is 9.53 Å². The number of halogens is 1. The molecule has 0 N–H and O–H groups in total. The second-order valence-electron chi connectivity index (χ2n) is 4.67. The molecule has 0 aliphatic heterocycles. The molecule has 112 valence electrons. The van der Waals surface area contributed by atoms with Gasteiger partial charge in [-0.05, 0) is 12.1 Å². The van der Waals surface area contributed by atoms with Crippen molar-refractivity contribution in [3.05, 3.63) is 77.1 Å². The van der Waals surface area contributed by atoms with Crippen molar-refractivity contribution in [2.75, 3.05) is 6.61 Å². The van der Waals surface area contributed by atoms with E-state index in [1.165, 1.54) is 19.1 Å². The van der Waals surface area contributed by atoms with Gasteiger partial charge in [-0.1, -0.05) is 48.5 Å². The lowest BCUT2D eigenvalue weighted by molar-refractivity contribution is -0.139. The third kappa shape index (κ3) is 4.12. The number of ketones is 1. The Morgan fingerprint density at radius 3 is 2.32 bits per heavy atom. The number of ether oxygens (including phenoxy) is 1. The summed E-state index contributed by atoms with van der Waals surface area (Å²) in [7, 11) is 0. The Hall–Kier alpha value is -2.75. The summed E-state index contributed by atoms with van der Waals surface area (Å²) in [6.07, 6.45) is 1.41. The minimum Gasteiger partial charge on any atom is -0.461 e. The molecule has 3 nitrogen and oxygen atoms in total. The molecule has 0 atom stereocenters. The first-order valence-electron chi connectivity index (χ1n) is 6.76. The molecule has 0 aromatic heterocycles. The maximum Gasteiger partial charge on any atom is 0.302 e. The topological polar surface area (TPSA) is 43.4 Å². The highest BCUT2D eigenvalue weighted by Gasteiger charge is 2.14. The zero-order chi connectivity index (χ0) is 15.9. The maximum absolute atomic E-state index is 13.8. The van der Waals surface area contributed by atoms with Crippen LogP contribution in [0.3, 0.4) is 0 Å². The molecular weight excluding hydrogens is 283 g/mol. The SMILES string of the molecule is CC(=O)OC/C(=C/c1ccccc1F)C(=O)c1ccccc1. The molecule has 22 heavy (non-hydrogen) atoms. The molecule has 2 aromatic rings. The van der Waals surface area contributed by atoms with E-state index in [0.717, 1.165) is 0 Å². The van der Waals surface area contributed by atoms with E-state index in [2.05, 4.69) is 0 Å². The molecule has 0 fully saturated rings. The fourth-order valence-electron chi connectivity index (χ4n) is 1.91. The summed E-state index contributed by atoms with van der Waals surface area (Å²) in [5, 5.41) is 0. The van der Waals surface area contributed by atoms with Crippen LogP contribution < -0.4 is 0 Å². The normalized spacial score (nSPS) is 11.1. The highest BCUT2D eigenvalue weighted by atomic mass is 19.1. The van der Waals surface area contributed by atoms with E-state index in [1.54, 1.807) is 48.5 Å². The molecule has 0 heterocycles. The Labute approximate surface area is 128 Å². The summed E-state index contributed by atoms with van der Waals surface area (Å²) in [4.78, 5) is 23.5. The molecule has 0 saturated carbocycles. The minimum absolute atomic E-state index is 0.197. The first kappa shape index (κ1) is 15.6. The third-order valence-electron chi connectivity index (χ3n) is 2.99. The lowest BCUT2D eigenvalue weighted by atomic mass is 10.0. The van der Waals surface area contributed by atoms with E-state index in [4.69, 9.17) is 4.74 Å². The van der Waals surface area contributed by atoms with E-state index in [0.29, 0.717) is 5.56 Å². The van der Waals surface area contributed by atoms with Crippen molar-refractivity contribution in [3.8, 4) is 0 Å². The number of carbonyl (C=O) groups is 2. The van der Waals surface area contributed by atoms with Crippen molar-refractivity contribution >= 4 is 17.8 Å². The standard InChI is InChI=1S/C18H15FO3/c1-13(20)22-12-16(11-15-9-5-6-10-17(15)19)18(21)14-7-3-2-4-8-14/h2-11H,12H2,1H3/b16-11-. The first-order chi connectivity index (χ1) is 10.6. The number of esters is 1. The predicted molar refractivity (Wildman–Crippen MR) is 81.8 cm³/mol. The molecular formula is C18H15FO3. The molecule has 4 heteroatoms. The van der Waals surface area contributed by atoms with Crippen molar-refractivity contribution in [3.63, 3.8) is 0 Å². The lowest BCUT2D eigenvalue weighted by Gasteiger charge is -2.08. The molecule has 0 amide bonds. The fraction of sp³-hybridized carbons (Fsp3) is 0.111. The number of hydrogen-bond donors (Lipinski definition) is 0. The molecule has 0 radical (unpaired) electrons. The quantitative estimate of drug-likeness (QED) is 0.481. The van der Waals surface area contributed by atoms with Gasteiger partial charge in [-0.2, -0.15) is 0 Å². The molecule has 0 spiro atoms. The van der Waals surface area contributed by atoms with Gasteiger partial charge in [-0.15, -0.1) is 0 Å². The smallest absolute Gasteiger partial charge is 0.302 e. The van der Waals surface area contributed by atoms with Crippen LogP contribution in [0.4, 0.5) is 4.39 Å². The van der Waals surface area contributed by atoms with Gasteiger partial charge in [0.05, 0.1) is 0 Å². The van der Waals surface area contributed by atoms with Crippen molar-refractivity contribution in [1.29, 1.82) is 0 Å². The van der Waals surface area contributed by atoms with Gasteiger partial charge < -0.3 is 4.74 Å². The summed E-state index contributed by atoms with van der Waals surface area (Å²) in [6.45, 7) is 1.06. The average Bonchev–Trinajstić information content (AvgIpc) is 2.53. The number of hydrogen-bond acceptors (Lipinski definition) is 3. The summed E-state index contributed by atoms with van der Waals surface area (Å²) in [6, 6.07) is 14.7. The van der Waals surface area contributed by atoms with Crippen LogP contribution in [0.25, 0.3) is 6.08 Å². The summed E-state index contributed by atoms with van der Waals surface area (Å²) in [5.74, 6) is -1.24. The van der Waals surface area contributed by atoms with Crippen molar-refractivity contribution in [1.82, 2.24) is 0 Å². The Balaban J connectivity index is 2.36. The lowest BCUT2D eigenvalue weighted by Crippen LogP contribution is -2.12. The van der Waals surface area contributed by atoms with Gasteiger partial charge in [-0.3, -0.25) is 9.59 Å². The second kappa shape index (κ2) is 7.31. The molecule has 0 aliphatic carbocycles. The van der Waals surface area contributed by atoms with E-state index in [-0.39, 0.29) is 23.5 Å². The average molecular weight is 298 g/mol. The van der Waals surface area contributed by atoms with E-state index in [1.807, 2.05) is 0 Å². The van der Waals surface area contributed by atoms with Crippen LogP contribution in [-0.4, -0.2) is 18.4 Å². The molecule has 0 bridgehead atoms. The number of rotatable bonds is 5. The Morgan fingerprint density at radius 1 is 1.05 bits per heavy atom. The second-order valence-corrected chi connectivity index (χ2v) is 4.67. The molecule has 0 saturated heterocycles. The fourth-order valence-corrected chi connectivity index (χ4v) is 1.91. The van der Waals surface area contributed by atoms with Crippen LogP contribution in [0.2, 0.25) is 0 Å². The largest absolute Gasteiger partial charge is 0.461 e. The predicted octanol–water partition coefficient (Wildman–Crippen LogP) is 3.66. The van der Waals surface area contributed by atoms with E-state index >= 15 is 0 Å². The Bertz CT molecular complexity index is 705. The summed E-state index contributed by atoms with van der Waals surface area (Å²) < 4.78 is 18.7. The van der Waals surface area contributed by atoms with Gasteiger partial charge in [0.25, 0.3) is 0 Å². The van der Waals surface area contributed by atoms with Crippen molar-refractivity contribution in [2.24, 2.45) is 0 Å². The van der Waals surface area contributed by atoms with Gasteiger partial charge in [0.1, 0.15) is 12.4 Å². The van der Waals surface area contributed by atoms with E-state index < -0.39 is 11.8 Å². The van der Waals surface area contributed by atoms with Crippen LogP contribution in [0.15, 0.2) is 60.2 Å². The van der Waals surface area contributed by atoms with Gasteiger partial charge in [0.15, 0.2) is 5.78 Å². The maximum atomic E-state index is 13.8. The van der Waals surface area contributed by atoms with Crippen LogP contribution in [0.5, 0.6) is 0 Å². The summed E-state index contributed by atoms with van der Waals surface area (Å²) in [5.41, 5.74) is 0.942. The van der Waals surface area contributed by atoms with Gasteiger partial charge in [0.2, 0.25) is 0 Å². The Kier molecular flexibility index (Phi) is 5.20. The van der Waals surface area contributed by atoms with Crippen LogP contribution in [0.1, 0.15) is 22.8 Å². The van der Waals surface area contributed by atoms with Crippen LogP contribution in [0, 0.1) is 5.82 Å². The molecule has 2 aromatic carbocycles. The minimum atomic E-state index is -0.500. The van der Waals surface area contributed by atoms with Crippen molar-refractivity contribution in [2.45, 2.75) is 6.92 Å².